The van der Waals surface area contributed by atoms with Gasteiger partial charge in [0.1, 0.15) is 4.21 Å². The highest BCUT2D eigenvalue weighted by molar-refractivity contribution is 9.11. The summed E-state index contributed by atoms with van der Waals surface area (Å²) >= 11 is 4.39. The number of anilines is 1. The standard InChI is InChI=1S/C19H21BrN4O3S2/c1-13-12-14(2)24(22-13)11-3-10-21-19(25)15-4-6-16(7-5-15)23-29(26,27)18-9-8-17(20)28-18/h4-9,12,23H,3,10-11H2,1-2H3,(H,21,25). The summed E-state index contributed by atoms with van der Waals surface area (Å²) < 4.78 is 30.1. The molecule has 10 heteroatoms. The van der Waals surface area contributed by atoms with Crippen LogP contribution in [-0.4, -0.2) is 30.7 Å². The normalized spacial score (nSPS) is 11.4. The number of carbonyl (C=O) groups excluding carboxylic acids is 1. The molecule has 2 heterocycles. The average molecular weight is 497 g/mol. The molecular formula is C19H21BrN4O3S2. The quantitative estimate of drug-likeness (QED) is 0.461. The van der Waals surface area contributed by atoms with Gasteiger partial charge < -0.3 is 5.32 Å². The molecule has 2 N–H and O–H groups in total. The van der Waals surface area contributed by atoms with Gasteiger partial charge in [0.15, 0.2) is 0 Å². The molecule has 0 fully saturated rings. The molecule has 0 bridgehead atoms. The van der Waals surface area contributed by atoms with E-state index in [0.717, 1.165) is 39.5 Å². The van der Waals surface area contributed by atoms with Crippen molar-refractivity contribution in [3.63, 3.8) is 0 Å². The first-order chi connectivity index (χ1) is 13.7. The van der Waals surface area contributed by atoms with Crippen molar-refractivity contribution in [2.45, 2.75) is 31.0 Å². The number of aromatic nitrogens is 2. The van der Waals surface area contributed by atoms with Gasteiger partial charge in [-0.05, 0) is 78.7 Å². The minimum atomic E-state index is -3.64. The Morgan fingerprint density at radius 3 is 2.48 bits per heavy atom. The van der Waals surface area contributed by atoms with Crippen LogP contribution >= 0.6 is 27.3 Å². The lowest BCUT2D eigenvalue weighted by Crippen LogP contribution is -2.25. The maximum absolute atomic E-state index is 12.3. The Hall–Kier alpha value is -2.17. The summed E-state index contributed by atoms with van der Waals surface area (Å²) in [6, 6.07) is 11.6. The van der Waals surface area contributed by atoms with Gasteiger partial charge in [0.05, 0.1) is 9.48 Å². The Balaban J connectivity index is 1.51. The molecule has 0 saturated heterocycles. The van der Waals surface area contributed by atoms with Gasteiger partial charge in [0, 0.05) is 30.0 Å². The van der Waals surface area contributed by atoms with E-state index in [1.807, 2.05) is 24.6 Å². The summed E-state index contributed by atoms with van der Waals surface area (Å²) in [5.74, 6) is -0.199. The molecule has 0 saturated carbocycles. The van der Waals surface area contributed by atoms with Crippen LogP contribution in [0, 0.1) is 13.8 Å². The Morgan fingerprint density at radius 1 is 1.17 bits per heavy atom. The number of thiophene rings is 1. The summed E-state index contributed by atoms with van der Waals surface area (Å²) in [5, 5.41) is 7.26. The number of benzene rings is 1. The number of carbonyl (C=O) groups is 1. The highest BCUT2D eigenvalue weighted by atomic mass is 79.9. The van der Waals surface area contributed by atoms with Gasteiger partial charge in [-0.3, -0.25) is 14.2 Å². The second-order valence-electron chi connectivity index (χ2n) is 6.50. The number of hydrogen-bond donors (Lipinski definition) is 2. The molecule has 3 aromatic rings. The molecule has 0 atom stereocenters. The number of amides is 1. The van der Waals surface area contributed by atoms with Gasteiger partial charge in [-0.1, -0.05) is 0 Å². The van der Waals surface area contributed by atoms with E-state index in [0.29, 0.717) is 17.8 Å². The van der Waals surface area contributed by atoms with E-state index in [4.69, 9.17) is 0 Å². The number of hydrogen-bond acceptors (Lipinski definition) is 5. The molecule has 3 rings (SSSR count). The Kier molecular flexibility index (Phi) is 6.76. The largest absolute Gasteiger partial charge is 0.352 e. The molecule has 7 nitrogen and oxygen atoms in total. The minimum absolute atomic E-state index is 0.199. The summed E-state index contributed by atoms with van der Waals surface area (Å²) in [6.07, 6.45) is 0.766. The van der Waals surface area contributed by atoms with Crippen molar-refractivity contribution in [3.8, 4) is 0 Å². The molecule has 154 valence electrons. The predicted molar refractivity (Wildman–Crippen MR) is 118 cm³/mol. The lowest BCUT2D eigenvalue weighted by Gasteiger charge is -2.09. The Morgan fingerprint density at radius 2 is 1.90 bits per heavy atom. The van der Waals surface area contributed by atoms with Gasteiger partial charge in [-0.15, -0.1) is 11.3 Å². The fraction of sp³-hybridized carbons (Fsp3) is 0.263. The van der Waals surface area contributed by atoms with Crippen LogP contribution in [0.1, 0.15) is 28.2 Å². The molecule has 0 aliphatic carbocycles. The van der Waals surface area contributed by atoms with Crippen molar-refractivity contribution in [2.75, 3.05) is 11.3 Å². The number of rotatable bonds is 8. The summed E-state index contributed by atoms with van der Waals surface area (Å²) in [5.41, 5.74) is 2.95. The third kappa shape index (κ3) is 5.68. The van der Waals surface area contributed by atoms with Crippen molar-refractivity contribution in [2.24, 2.45) is 0 Å². The summed E-state index contributed by atoms with van der Waals surface area (Å²) in [4.78, 5) is 12.3. The minimum Gasteiger partial charge on any atom is -0.352 e. The first-order valence-corrected chi connectivity index (χ1v) is 12.0. The molecule has 0 spiro atoms. The Labute approximate surface area is 182 Å². The smallest absolute Gasteiger partial charge is 0.271 e. The number of aryl methyl sites for hydroxylation is 3. The zero-order valence-corrected chi connectivity index (χ0v) is 19.2. The van der Waals surface area contributed by atoms with E-state index < -0.39 is 10.0 Å². The number of nitrogens with zero attached hydrogens (tertiary/aromatic N) is 2. The van der Waals surface area contributed by atoms with E-state index in [2.05, 4.69) is 31.1 Å². The molecule has 0 aliphatic rings. The molecular weight excluding hydrogens is 476 g/mol. The van der Waals surface area contributed by atoms with Crippen molar-refractivity contribution >= 4 is 48.9 Å². The fourth-order valence-electron chi connectivity index (χ4n) is 2.77. The molecule has 29 heavy (non-hydrogen) atoms. The van der Waals surface area contributed by atoms with E-state index in [-0.39, 0.29) is 10.1 Å². The van der Waals surface area contributed by atoms with Crippen molar-refractivity contribution < 1.29 is 13.2 Å². The van der Waals surface area contributed by atoms with Gasteiger partial charge in [-0.2, -0.15) is 5.10 Å². The third-order valence-electron chi connectivity index (χ3n) is 4.15. The lowest BCUT2D eigenvalue weighted by atomic mass is 10.2. The van der Waals surface area contributed by atoms with Crippen LogP contribution in [0.15, 0.2) is 50.5 Å². The maximum atomic E-state index is 12.3. The van der Waals surface area contributed by atoms with E-state index >= 15 is 0 Å². The molecule has 1 amide bonds. The first-order valence-electron chi connectivity index (χ1n) is 8.92. The fourth-order valence-corrected chi connectivity index (χ4v) is 5.84. The average Bonchev–Trinajstić information content (AvgIpc) is 3.24. The van der Waals surface area contributed by atoms with E-state index in [1.165, 1.54) is 6.07 Å². The SMILES string of the molecule is Cc1cc(C)n(CCCNC(=O)c2ccc(NS(=O)(=O)c3ccc(Br)s3)cc2)n1. The Bertz CT molecular complexity index is 1100. The molecule has 1 aromatic carbocycles. The van der Waals surface area contributed by atoms with Crippen molar-refractivity contribution in [3.05, 3.63) is 63.2 Å². The third-order valence-corrected chi connectivity index (χ3v) is 7.65. The van der Waals surface area contributed by atoms with Gasteiger partial charge >= 0.3 is 0 Å². The second-order valence-corrected chi connectivity index (χ2v) is 10.9. The van der Waals surface area contributed by atoms with Crippen LogP contribution < -0.4 is 10.0 Å². The monoisotopic (exact) mass is 496 g/mol. The number of nitrogens with one attached hydrogen (secondary N) is 2. The van der Waals surface area contributed by atoms with Crippen molar-refractivity contribution in [1.29, 1.82) is 0 Å². The number of sulfonamides is 1. The van der Waals surface area contributed by atoms with Crippen LogP contribution in [0.3, 0.4) is 0 Å². The van der Waals surface area contributed by atoms with Crippen LogP contribution in [0.2, 0.25) is 0 Å². The molecule has 0 aliphatic heterocycles. The highest BCUT2D eigenvalue weighted by Gasteiger charge is 2.17. The van der Waals surface area contributed by atoms with Crippen LogP contribution in [-0.2, 0) is 16.6 Å². The van der Waals surface area contributed by atoms with Gasteiger partial charge in [0.25, 0.3) is 15.9 Å². The van der Waals surface area contributed by atoms with Gasteiger partial charge in [0.2, 0.25) is 0 Å². The molecule has 0 radical (unpaired) electrons. The predicted octanol–water partition coefficient (Wildman–Crippen LogP) is 3.94. The van der Waals surface area contributed by atoms with Crippen molar-refractivity contribution in [1.82, 2.24) is 15.1 Å². The zero-order chi connectivity index (χ0) is 21.0. The highest BCUT2D eigenvalue weighted by Crippen LogP contribution is 2.27. The molecule has 0 unspecified atom stereocenters. The second kappa shape index (κ2) is 9.10. The summed E-state index contributed by atoms with van der Waals surface area (Å²) in [7, 11) is -3.64. The lowest BCUT2D eigenvalue weighted by molar-refractivity contribution is 0.0952. The van der Waals surface area contributed by atoms with Crippen LogP contribution in [0.5, 0.6) is 0 Å². The van der Waals surface area contributed by atoms with E-state index in [9.17, 15) is 13.2 Å². The first kappa shape index (κ1) is 21.5. The van der Waals surface area contributed by atoms with E-state index in [1.54, 1.807) is 30.3 Å². The topological polar surface area (TPSA) is 93.1 Å². The van der Waals surface area contributed by atoms with Crippen LogP contribution in [0.25, 0.3) is 0 Å². The van der Waals surface area contributed by atoms with Gasteiger partial charge in [-0.25, -0.2) is 8.42 Å². The summed E-state index contributed by atoms with van der Waals surface area (Å²) in [6.45, 7) is 5.22. The zero-order valence-electron chi connectivity index (χ0n) is 16.0. The number of halogens is 1. The van der Waals surface area contributed by atoms with Crippen LogP contribution in [0.4, 0.5) is 5.69 Å². The molecule has 2 aromatic heterocycles. The maximum Gasteiger partial charge on any atom is 0.271 e.